The lowest BCUT2D eigenvalue weighted by molar-refractivity contribution is -0.147. The van der Waals surface area contributed by atoms with E-state index in [1.165, 1.54) is 0 Å². The Morgan fingerprint density at radius 3 is 2.62 bits per heavy atom. The van der Waals surface area contributed by atoms with E-state index in [1.807, 2.05) is 36.5 Å². The Morgan fingerprint density at radius 2 is 1.88 bits per heavy atom. The number of benzene rings is 1. The van der Waals surface area contributed by atoms with Crippen molar-refractivity contribution in [2.75, 3.05) is 18.5 Å². The molecule has 170 valence electrons. The number of rotatable bonds is 7. The first kappa shape index (κ1) is 22.4. The number of piperidine rings is 1. The average molecular weight is 439 g/mol. The molecule has 6 N–H and O–H groups in total. The second-order valence-corrected chi connectivity index (χ2v) is 8.37. The maximum Gasteiger partial charge on any atom is 0.109 e. The minimum atomic E-state index is -1.27. The number of hydrogen-bond donors (Lipinski definition) is 6. The smallest absolute Gasteiger partial charge is 0.109 e. The van der Waals surface area contributed by atoms with E-state index in [0.717, 1.165) is 33.9 Å². The van der Waals surface area contributed by atoms with Crippen LogP contribution in [0.25, 0.3) is 11.3 Å². The Morgan fingerprint density at radius 1 is 1.06 bits per heavy atom. The molecule has 3 heterocycles. The Labute approximate surface area is 187 Å². The minimum absolute atomic E-state index is 0.151. The average Bonchev–Trinajstić information content (AvgIpc) is 3.32. The summed E-state index contributed by atoms with van der Waals surface area (Å²) < 4.78 is 0. The Hall–Kier alpha value is -2.75. The fourth-order valence-electron chi connectivity index (χ4n) is 4.23. The number of aromatic amines is 1. The van der Waals surface area contributed by atoms with Crippen LogP contribution in [0.4, 0.5) is 5.69 Å². The van der Waals surface area contributed by atoms with Gasteiger partial charge in [0.05, 0.1) is 36.7 Å². The van der Waals surface area contributed by atoms with Gasteiger partial charge < -0.3 is 30.7 Å². The van der Waals surface area contributed by atoms with E-state index in [2.05, 4.69) is 35.4 Å². The number of β-amino-alcohol motifs (C(OH)–C–C–N with tert-alkyl or cyclic N) is 1. The number of H-pyrrole nitrogens is 1. The topological polar surface area (TPSA) is 125 Å². The fourth-order valence-corrected chi connectivity index (χ4v) is 4.23. The van der Waals surface area contributed by atoms with E-state index in [9.17, 15) is 20.4 Å². The number of aliphatic hydroxyl groups is 4. The second-order valence-electron chi connectivity index (χ2n) is 8.37. The Kier molecular flexibility index (Phi) is 6.88. The van der Waals surface area contributed by atoms with Gasteiger partial charge in [-0.2, -0.15) is 0 Å². The summed E-state index contributed by atoms with van der Waals surface area (Å²) >= 11 is 0. The van der Waals surface area contributed by atoms with Crippen LogP contribution in [0.15, 0.2) is 54.7 Å². The van der Waals surface area contributed by atoms with Crippen molar-refractivity contribution < 1.29 is 20.4 Å². The molecule has 8 nitrogen and oxygen atoms in total. The Balaban J connectivity index is 1.44. The van der Waals surface area contributed by atoms with Crippen molar-refractivity contribution in [1.82, 2.24) is 14.9 Å². The normalized spacial score (nSPS) is 23.9. The van der Waals surface area contributed by atoms with Gasteiger partial charge >= 0.3 is 0 Å². The van der Waals surface area contributed by atoms with Gasteiger partial charge in [-0.3, -0.25) is 9.88 Å². The van der Waals surface area contributed by atoms with Crippen LogP contribution in [0.3, 0.4) is 0 Å². The molecule has 1 saturated heterocycles. The summed E-state index contributed by atoms with van der Waals surface area (Å²) in [6.45, 7) is 2.78. The highest BCUT2D eigenvalue weighted by molar-refractivity contribution is 5.66. The number of pyridine rings is 1. The van der Waals surface area contributed by atoms with Crippen molar-refractivity contribution in [2.45, 2.75) is 44.4 Å². The van der Waals surface area contributed by atoms with Crippen LogP contribution >= 0.6 is 0 Å². The quantitative estimate of drug-likeness (QED) is 0.328. The van der Waals surface area contributed by atoms with Crippen LogP contribution in [0.2, 0.25) is 0 Å². The summed E-state index contributed by atoms with van der Waals surface area (Å²) in [7, 11) is 0. The van der Waals surface area contributed by atoms with Gasteiger partial charge in [0.2, 0.25) is 0 Å². The van der Waals surface area contributed by atoms with Crippen molar-refractivity contribution in [3.8, 4) is 11.3 Å². The van der Waals surface area contributed by atoms with Crippen LogP contribution in [0, 0.1) is 6.92 Å². The second kappa shape index (κ2) is 9.81. The van der Waals surface area contributed by atoms with E-state index in [1.54, 1.807) is 4.90 Å². The van der Waals surface area contributed by atoms with Crippen LogP contribution in [-0.2, 0) is 13.1 Å². The molecule has 0 aliphatic carbocycles. The number of aliphatic hydroxyl groups excluding tert-OH is 4. The molecule has 1 fully saturated rings. The zero-order valence-electron chi connectivity index (χ0n) is 18.0. The molecule has 4 unspecified atom stereocenters. The molecule has 2 aromatic heterocycles. The predicted molar refractivity (Wildman–Crippen MR) is 122 cm³/mol. The molecule has 4 rings (SSSR count). The molecular formula is C24H30N4O4. The van der Waals surface area contributed by atoms with Crippen molar-refractivity contribution >= 4 is 5.69 Å². The van der Waals surface area contributed by atoms with E-state index in [4.69, 9.17) is 4.98 Å². The van der Waals surface area contributed by atoms with Crippen LogP contribution < -0.4 is 5.32 Å². The highest BCUT2D eigenvalue weighted by atomic mass is 16.4. The van der Waals surface area contributed by atoms with E-state index in [-0.39, 0.29) is 13.2 Å². The lowest BCUT2D eigenvalue weighted by Gasteiger charge is -2.42. The molecule has 1 aliphatic rings. The first-order valence-corrected chi connectivity index (χ1v) is 10.8. The number of hydrogen-bond acceptors (Lipinski definition) is 7. The minimum Gasteiger partial charge on any atom is -0.395 e. The molecule has 0 radical (unpaired) electrons. The highest BCUT2D eigenvalue weighted by Crippen LogP contribution is 2.24. The third kappa shape index (κ3) is 5.01. The van der Waals surface area contributed by atoms with Gasteiger partial charge in [-0.1, -0.05) is 6.07 Å². The predicted octanol–water partition coefficient (Wildman–Crippen LogP) is 1.26. The van der Waals surface area contributed by atoms with Gasteiger partial charge in [0, 0.05) is 36.2 Å². The number of likely N-dealkylation sites (tertiary alicyclic amines) is 1. The lowest BCUT2D eigenvalue weighted by atomic mass is 9.94. The molecule has 0 spiro atoms. The van der Waals surface area contributed by atoms with Crippen molar-refractivity contribution in [2.24, 2.45) is 0 Å². The molecule has 1 aliphatic heterocycles. The van der Waals surface area contributed by atoms with Gasteiger partial charge in [-0.25, -0.2) is 0 Å². The van der Waals surface area contributed by atoms with Gasteiger partial charge in [-0.05, 0) is 55.0 Å². The van der Waals surface area contributed by atoms with E-state index < -0.39 is 24.4 Å². The SMILES string of the molecule is Cc1cc(NCc2cccc(CN3CC(O)C(O)C(O)C3CO)n2)cc(-c2ccc[nH]2)c1. The first-order chi connectivity index (χ1) is 15.4. The third-order valence-electron chi connectivity index (χ3n) is 5.91. The molecule has 0 amide bonds. The monoisotopic (exact) mass is 438 g/mol. The number of nitrogens with one attached hydrogen (secondary N) is 2. The largest absolute Gasteiger partial charge is 0.395 e. The van der Waals surface area contributed by atoms with E-state index >= 15 is 0 Å². The van der Waals surface area contributed by atoms with Gasteiger partial charge in [0.1, 0.15) is 12.2 Å². The molecule has 0 bridgehead atoms. The third-order valence-corrected chi connectivity index (χ3v) is 5.91. The Bertz CT molecular complexity index is 1030. The summed E-state index contributed by atoms with van der Waals surface area (Å²) in [6, 6.07) is 15.4. The van der Waals surface area contributed by atoms with E-state index in [0.29, 0.717) is 13.1 Å². The van der Waals surface area contributed by atoms with Gasteiger partial charge in [-0.15, -0.1) is 0 Å². The van der Waals surface area contributed by atoms with Crippen LogP contribution in [0.1, 0.15) is 17.0 Å². The number of aromatic nitrogens is 2. The van der Waals surface area contributed by atoms with Crippen LogP contribution in [0.5, 0.6) is 0 Å². The summed E-state index contributed by atoms with van der Waals surface area (Å²) in [5, 5.41) is 43.2. The molecule has 8 heteroatoms. The summed E-state index contributed by atoms with van der Waals surface area (Å²) in [4.78, 5) is 9.68. The standard InChI is InChI=1S/C24H30N4O4/c1-15-8-16(20-6-3-7-25-20)10-19(9-15)26-11-17-4-2-5-18(27-17)12-28-13-22(30)24(32)23(31)21(28)14-29/h2-10,21-26,29-32H,11-14H2,1H3. The van der Waals surface area contributed by atoms with Crippen molar-refractivity contribution in [1.29, 1.82) is 0 Å². The highest BCUT2D eigenvalue weighted by Gasteiger charge is 2.41. The number of nitrogens with zero attached hydrogens (tertiary/aromatic N) is 2. The molecule has 3 aromatic rings. The summed E-state index contributed by atoms with van der Waals surface area (Å²) in [5.41, 5.74) is 5.93. The van der Waals surface area contributed by atoms with Crippen molar-refractivity contribution in [3.05, 3.63) is 71.7 Å². The first-order valence-electron chi connectivity index (χ1n) is 10.8. The number of anilines is 1. The number of aryl methyl sites for hydroxylation is 1. The fraction of sp³-hybridized carbons (Fsp3) is 0.375. The molecule has 1 aromatic carbocycles. The molecule has 32 heavy (non-hydrogen) atoms. The molecule has 0 saturated carbocycles. The summed E-state index contributed by atoms with van der Waals surface area (Å²) in [5.74, 6) is 0. The zero-order chi connectivity index (χ0) is 22.7. The lowest BCUT2D eigenvalue weighted by Crippen LogP contribution is -2.62. The summed E-state index contributed by atoms with van der Waals surface area (Å²) in [6.07, 6.45) is -1.66. The maximum atomic E-state index is 10.2. The molecule has 4 atom stereocenters. The zero-order valence-corrected chi connectivity index (χ0v) is 18.0. The van der Waals surface area contributed by atoms with Crippen LogP contribution in [-0.4, -0.2) is 72.8 Å². The van der Waals surface area contributed by atoms with Gasteiger partial charge in [0.15, 0.2) is 0 Å². The van der Waals surface area contributed by atoms with Gasteiger partial charge in [0.25, 0.3) is 0 Å². The molecular weight excluding hydrogens is 408 g/mol. The maximum absolute atomic E-state index is 10.2. The van der Waals surface area contributed by atoms with Crippen molar-refractivity contribution in [3.63, 3.8) is 0 Å².